The van der Waals surface area contributed by atoms with Crippen LogP contribution in [0.3, 0.4) is 0 Å². The average molecular weight is 1300 g/mol. The van der Waals surface area contributed by atoms with Crippen molar-refractivity contribution in [1.29, 1.82) is 0 Å². The third-order valence-electron chi connectivity index (χ3n) is 14.2. The molecule has 0 fully saturated rings. The molecule has 0 amide bonds. The maximum atomic E-state index is 6.69. The van der Waals surface area contributed by atoms with Gasteiger partial charge < -0.3 is 33.4 Å². The Morgan fingerprint density at radius 3 is 1.16 bits per heavy atom. The van der Waals surface area contributed by atoms with Crippen LogP contribution in [0.15, 0.2) is 112 Å². The van der Waals surface area contributed by atoms with Crippen LogP contribution in [0.4, 0.5) is 5.69 Å². The van der Waals surface area contributed by atoms with Gasteiger partial charge in [0.25, 0.3) is 0 Å². The van der Waals surface area contributed by atoms with E-state index >= 15 is 0 Å². The number of likely N-dealkylation sites (N-methyl/N-ethyl adjacent to an activating group) is 5. The van der Waals surface area contributed by atoms with Crippen molar-refractivity contribution in [2.75, 3.05) is 150 Å². The summed E-state index contributed by atoms with van der Waals surface area (Å²) in [6.45, 7) is 25.9. The van der Waals surface area contributed by atoms with Gasteiger partial charge in [0.1, 0.15) is 23.9 Å². The molecule has 85 heavy (non-hydrogen) atoms. The Bertz CT molecular complexity index is 2650. The summed E-state index contributed by atoms with van der Waals surface area (Å²) in [6, 6.07) is 31.7. The van der Waals surface area contributed by atoms with Crippen molar-refractivity contribution in [1.82, 2.24) is 54.3 Å². The van der Waals surface area contributed by atoms with Gasteiger partial charge >= 0.3 is 6.64 Å². The fraction of sp³-hybridized carbons (Fsp3) is 0.517. The van der Waals surface area contributed by atoms with Gasteiger partial charge in [-0.1, -0.05) is 54.4 Å². The zero-order valence-electron chi connectivity index (χ0n) is 52.5. The smallest absolute Gasteiger partial charge is 0.410 e. The zero-order chi connectivity index (χ0) is 62.1. The third kappa shape index (κ3) is 25.5. The highest BCUT2D eigenvalue weighted by Crippen LogP contribution is 2.52. The van der Waals surface area contributed by atoms with Gasteiger partial charge in [0.05, 0.1) is 31.2 Å². The van der Waals surface area contributed by atoms with Crippen molar-refractivity contribution in [3.8, 4) is 29.1 Å². The van der Waals surface area contributed by atoms with Crippen LogP contribution >= 0.6 is 31.2 Å². The van der Waals surface area contributed by atoms with E-state index < -0.39 is 19.6 Å². The van der Waals surface area contributed by atoms with E-state index in [9.17, 15) is 0 Å². The quantitative estimate of drug-likeness (QED) is 0.00834. The maximum Gasteiger partial charge on any atom is 0.410 e. The molecular formula is C60H97ClN15O3P3S3. The molecule has 0 aliphatic rings. The Morgan fingerprint density at radius 2 is 0.824 bits per heavy atom. The van der Waals surface area contributed by atoms with Gasteiger partial charge in [0.2, 0.25) is 0 Å². The summed E-state index contributed by atoms with van der Waals surface area (Å²) in [5.74, 6) is 7.84. The lowest BCUT2D eigenvalue weighted by molar-refractivity contribution is 0.305. The summed E-state index contributed by atoms with van der Waals surface area (Å²) in [5.41, 5.74) is 4.67. The molecule has 0 aliphatic heterocycles. The highest BCUT2D eigenvalue weighted by atomic mass is 35.5. The number of benzene rings is 4. The number of ether oxygens (including phenoxy) is 1. The average Bonchev–Trinajstić information content (AvgIpc) is 3.60. The van der Waals surface area contributed by atoms with Gasteiger partial charge in [-0.15, -0.1) is 17.5 Å². The summed E-state index contributed by atoms with van der Waals surface area (Å²) in [4.78, 5) is 11.6. The van der Waals surface area contributed by atoms with E-state index in [0.29, 0.717) is 30.7 Å². The number of rotatable bonds is 43. The lowest BCUT2D eigenvalue weighted by Gasteiger charge is -2.33. The molecule has 4 aromatic rings. The molecule has 2 unspecified atom stereocenters. The minimum absolute atomic E-state index is 0.456. The number of nitrogens with one attached hydrogen (secondary N) is 4. The van der Waals surface area contributed by atoms with Crippen LogP contribution in [0.2, 0.25) is 0 Å². The summed E-state index contributed by atoms with van der Waals surface area (Å²) in [5, 5.41) is 29.1. The van der Waals surface area contributed by atoms with Gasteiger partial charge in [0, 0.05) is 103 Å². The lowest BCUT2D eigenvalue weighted by atomic mass is 10.2. The van der Waals surface area contributed by atoms with E-state index in [4.69, 9.17) is 76.1 Å². The molecule has 0 saturated carbocycles. The molecule has 0 radical (unpaired) electrons. The number of anilines is 1. The van der Waals surface area contributed by atoms with Crippen LogP contribution in [-0.4, -0.2) is 198 Å². The molecule has 4 rings (SSSR count). The third-order valence-corrected chi connectivity index (χ3v) is 24.8. The van der Waals surface area contributed by atoms with E-state index in [2.05, 4.69) is 124 Å². The van der Waals surface area contributed by atoms with Gasteiger partial charge in [-0.25, -0.2) is 14.3 Å². The first-order chi connectivity index (χ1) is 41.0. The first-order valence-electron chi connectivity index (χ1n) is 29.7. The standard InChI is InChI=1S/C60H97ClN15O3P3S3/c1-13-22-53-23-31-57(32-24-53)76(21-9)47-48-77-58-33-25-54(26-34-58)51-64-71(12)82(85,78-59-35-27-55(28-36-59)49-62-69(10)80(83,65-39-43-72(14-2)15-3)66-40-44-73(16-4)17-5)79-60-37-29-56(30-38-60)50-63-70(11)81(84,67-41-45-74(18-6)19-7)68-42-46-75(20-8)52-61/h23-38,49-51H,14-21,39-48,52H2,1-12H3,(H2,65,66,83)(H2,67,68,84)/b62-49+,63-50+,64-51+. The van der Waals surface area contributed by atoms with Crippen molar-refractivity contribution in [2.24, 2.45) is 15.3 Å². The van der Waals surface area contributed by atoms with Gasteiger partial charge in [-0.2, -0.15) is 15.3 Å². The molecule has 470 valence electrons. The van der Waals surface area contributed by atoms with Crippen LogP contribution < -0.4 is 39.0 Å². The largest absolute Gasteiger partial charge is 0.492 e. The van der Waals surface area contributed by atoms with Crippen molar-refractivity contribution >= 4 is 91.0 Å². The number of hydrazone groups is 3. The molecule has 18 nitrogen and oxygen atoms in total. The summed E-state index contributed by atoms with van der Waals surface area (Å²) in [6.07, 6.45) is 5.35. The van der Waals surface area contributed by atoms with E-state index in [0.717, 1.165) is 138 Å². The first kappa shape index (κ1) is 73.4. The number of hydrogen-bond donors (Lipinski definition) is 4. The summed E-state index contributed by atoms with van der Waals surface area (Å²) in [7, 11) is 5.62. The molecule has 4 aromatic carbocycles. The molecule has 0 aliphatic carbocycles. The second-order valence-corrected chi connectivity index (χ2v) is 31.0. The zero-order valence-corrected chi connectivity index (χ0v) is 58.4. The van der Waals surface area contributed by atoms with Crippen molar-refractivity contribution in [3.63, 3.8) is 0 Å². The molecular weight excluding hydrogens is 1200 g/mol. The van der Waals surface area contributed by atoms with E-state index in [-0.39, 0.29) is 0 Å². The highest BCUT2D eigenvalue weighted by Gasteiger charge is 2.29. The first-order valence-corrected chi connectivity index (χ1v) is 38.3. The Labute approximate surface area is 531 Å². The van der Waals surface area contributed by atoms with E-state index in [1.54, 1.807) is 24.3 Å². The van der Waals surface area contributed by atoms with Crippen LogP contribution in [0.25, 0.3) is 0 Å². The Balaban J connectivity index is 1.56. The predicted octanol–water partition coefficient (Wildman–Crippen LogP) is 10.5. The van der Waals surface area contributed by atoms with Gasteiger partial charge in [-0.05, 0) is 197 Å². The molecule has 0 saturated heterocycles. The minimum Gasteiger partial charge on any atom is -0.492 e. The highest BCUT2D eigenvalue weighted by molar-refractivity contribution is 8.11. The molecule has 0 bridgehead atoms. The van der Waals surface area contributed by atoms with E-state index in [1.807, 2.05) is 122 Å². The number of alkyl halides is 1. The molecule has 2 atom stereocenters. The normalized spacial score (nSPS) is 13.4. The Hall–Kier alpha value is -4.03. The molecule has 0 aromatic heterocycles. The monoisotopic (exact) mass is 1300 g/mol. The van der Waals surface area contributed by atoms with E-state index in [1.165, 1.54) is 0 Å². The minimum atomic E-state index is -3.41. The second kappa shape index (κ2) is 39.8. The molecule has 0 spiro atoms. The molecule has 25 heteroatoms. The number of nitrogens with zero attached hydrogens (tertiary/aromatic N) is 11. The van der Waals surface area contributed by atoms with Crippen LogP contribution in [0, 0.1) is 11.8 Å². The Morgan fingerprint density at radius 1 is 0.471 bits per heavy atom. The lowest BCUT2D eigenvalue weighted by Crippen LogP contribution is -2.39. The molecule has 4 N–H and O–H groups in total. The van der Waals surface area contributed by atoms with Crippen molar-refractivity contribution in [2.45, 2.75) is 62.3 Å². The fourth-order valence-corrected chi connectivity index (χ4v) is 15.0. The van der Waals surface area contributed by atoms with Crippen LogP contribution in [-0.2, 0) is 35.4 Å². The Kier molecular flexibility index (Phi) is 34.4. The van der Waals surface area contributed by atoms with Crippen molar-refractivity contribution in [3.05, 3.63) is 119 Å². The van der Waals surface area contributed by atoms with Crippen molar-refractivity contribution < 1.29 is 13.8 Å². The number of halogens is 1. The fourth-order valence-electron chi connectivity index (χ4n) is 8.47. The summed E-state index contributed by atoms with van der Waals surface area (Å²) >= 11 is 25.2. The second-order valence-electron chi connectivity index (χ2n) is 19.6. The topological polar surface area (TPSA) is 139 Å². The van der Waals surface area contributed by atoms with Gasteiger partial charge in [-0.3, -0.25) is 25.2 Å². The maximum absolute atomic E-state index is 6.69. The SMILES string of the molecule is CC#Cc1ccc(N(CC)CCOc2ccc(/C=N/N(C)P(=S)(Oc3ccc(/C=N/N(C)P(=S)(NCCN(CC)CC)NCCN(CC)CC)cc3)Oc3ccc(/C=N/N(C)P(=S)(NCCN(CC)CC)NCCN(CC)CCl)cc3)cc2)cc1. The predicted molar refractivity (Wildman–Crippen MR) is 375 cm³/mol. The van der Waals surface area contributed by atoms with Crippen LogP contribution in [0.1, 0.15) is 84.6 Å². The molecule has 0 heterocycles. The number of hydrogen-bond acceptors (Lipinski definition) is 14. The van der Waals surface area contributed by atoms with Gasteiger partial charge in [0.15, 0.2) is 13.0 Å². The van der Waals surface area contributed by atoms with Crippen LogP contribution in [0.5, 0.6) is 17.2 Å². The summed E-state index contributed by atoms with van der Waals surface area (Å²) < 4.78 is 24.9.